The van der Waals surface area contributed by atoms with Gasteiger partial charge in [-0.25, -0.2) is 9.78 Å². The van der Waals surface area contributed by atoms with Crippen LogP contribution in [0.1, 0.15) is 55.2 Å². The van der Waals surface area contributed by atoms with E-state index in [4.69, 9.17) is 0 Å². The molecular formula is C17H20N2O3S. The summed E-state index contributed by atoms with van der Waals surface area (Å²) >= 11 is 1.39. The Hall–Kier alpha value is -2.21. The van der Waals surface area contributed by atoms with Crippen LogP contribution in [0.15, 0.2) is 12.1 Å². The van der Waals surface area contributed by atoms with Crippen LogP contribution >= 0.6 is 11.3 Å². The largest absolute Gasteiger partial charge is 0.478 e. The van der Waals surface area contributed by atoms with E-state index in [1.165, 1.54) is 17.4 Å². The summed E-state index contributed by atoms with van der Waals surface area (Å²) in [7, 11) is 0. The number of hydrogen-bond donors (Lipinski definition) is 2. The molecule has 0 aliphatic carbocycles. The van der Waals surface area contributed by atoms with Crippen molar-refractivity contribution in [2.45, 2.75) is 40.5 Å². The Morgan fingerprint density at radius 3 is 2.52 bits per heavy atom. The maximum Gasteiger partial charge on any atom is 0.336 e. The molecule has 1 heterocycles. The van der Waals surface area contributed by atoms with Gasteiger partial charge in [0, 0.05) is 5.69 Å². The van der Waals surface area contributed by atoms with Crippen molar-refractivity contribution in [1.82, 2.24) is 4.98 Å². The number of benzene rings is 1. The van der Waals surface area contributed by atoms with Crippen LogP contribution in [0.5, 0.6) is 0 Å². The minimum Gasteiger partial charge on any atom is -0.478 e. The van der Waals surface area contributed by atoms with Gasteiger partial charge in [0.25, 0.3) is 5.91 Å². The molecule has 0 saturated carbocycles. The molecule has 1 amide bonds. The van der Waals surface area contributed by atoms with Crippen LogP contribution in [0.25, 0.3) is 0 Å². The van der Waals surface area contributed by atoms with Gasteiger partial charge in [-0.05, 0) is 50.8 Å². The smallest absolute Gasteiger partial charge is 0.336 e. The van der Waals surface area contributed by atoms with E-state index in [1.807, 2.05) is 13.8 Å². The van der Waals surface area contributed by atoms with E-state index in [2.05, 4.69) is 17.2 Å². The first-order chi connectivity index (χ1) is 10.8. The fourth-order valence-electron chi connectivity index (χ4n) is 2.38. The number of nitrogens with one attached hydrogen (secondary N) is 1. The van der Waals surface area contributed by atoms with Crippen molar-refractivity contribution in [3.8, 4) is 0 Å². The van der Waals surface area contributed by atoms with Crippen molar-refractivity contribution in [2.24, 2.45) is 0 Å². The van der Waals surface area contributed by atoms with Gasteiger partial charge in [-0.1, -0.05) is 13.0 Å². The van der Waals surface area contributed by atoms with Gasteiger partial charge in [0.05, 0.1) is 16.3 Å². The van der Waals surface area contributed by atoms with Gasteiger partial charge in [0.15, 0.2) is 0 Å². The summed E-state index contributed by atoms with van der Waals surface area (Å²) in [5, 5.41) is 13.0. The summed E-state index contributed by atoms with van der Waals surface area (Å²) in [6.45, 7) is 7.47. The lowest BCUT2D eigenvalue weighted by atomic mass is 10.0. The quantitative estimate of drug-likeness (QED) is 0.868. The number of carbonyl (C=O) groups excluding carboxylic acids is 1. The molecule has 2 N–H and O–H groups in total. The van der Waals surface area contributed by atoms with Crippen LogP contribution in [0, 0.1) is 20.8 Å². The first kappa shape index (κ1) is 17.1. The number of carboxylic acid groups (broad SMARTS) is 1. The SMILES string of the molecule is CCCc1nc(C)c(C(=O)Nc2cc(C(=O)O)c(C)cc2C)s1. The Bertz CT molecular complexity index is 765. The van der Waals surface area contributed by atoms with Gasteiger partial charge < -0.3 is 10.4 Å². The molecule has 0 spiro atoms. The number of anilines is 1. The zero-order chi connectivity index (χ0) is 17.1. The minimum absolute atomic E-state index is 0.193. The van der Waals surface area contributed by atoms with E-state index < -0.39 is 5.97 Å². The molecule has 2 rings (SSSR count). The molecule has 1 aromatic heterocycles. The molecule has 5 nitrogen and oxygen atoms in total. The van der Waals surface area contributed by atoms with Crippen molar-refractivity contribution in [3.63, 3.8) is 0 Å². The third-order valence-corrected chi connectivity index (χ3v) is 4.78. The Balaban J connectivity index is 2.30. The van der Waals surface area contributed by atoms with E-state index in [0.717, 1.165) is 23.4 Å². The van der Waals surface area contributed by atoms with Gasteiger partial charge in [0.1, 0.15) is 4.88 Å². The number of amides is 1. The van der Waals surface area contributed by atoms with Gasteiger partial charge >= 0.3 is 5.97 Å². The maximum absolute atomic E-state index is 12.5. The third kappa shape index (κ3) is 3.76. The highest BCUT2D eigenvalue weighted by Gasteiger charge is 2.17. The number of nitrogens with zero attached hydrogens (tertiary/aromatic N) is 1. The van der Waals surface area contributed by atoms with Crippen LogP contribution in [-0.2, 0) is 6.42 Å². The topological polar surface area (TPSA) is 79.3 Å². The molecule has 2 aromatic rings. The van der Waals surface area contributed by atoms with Crippen molar-refractivity contribution < 1.29 is 14.7 Å². The Labute approximate surface area is 139 Å². The predicted molar refractivity (Wildman–Crippen MR) is 91.7 cm³/mol. The molecule has 0 saturated heterocycles. The van der Waals surface area contributed by atoms with Gasteiger partial charge in [-0.2, -0.15) is 0 Å². The molecule has 0 aliphatic heterocycles. The second-order valence-electron chi connectivity index (χ2n) is 5.51. The molecule has 0 bridgehead atoms. The van der Waals surface area contributed by atoms with Gasteiger partial charge in [0.2, 0.25) is 0 Å². The highest BCUT2D eigenvalue weighted by Crippen LogP contribution is 2.24. The highest BCUT2D eigenvalue weighted by molar-refractivity contribution is 7.13. The lowest BCUT2D eigenvalue weighted by Crippen LogP contribution is -2.13. The molecule has 122 valence electrons. The number of carbonyl (C=O) groups is 2. The summed E-state index contributed by atoms with van der Waals surface area (Å²) in [5.41, 5.74) is 2.92. The predicted octanol–water partition coefficient (Wildman–Crippen LogP) is 3.97. The first-order valence-electron chi connectivity index (χ1n) is 7.45. The molecule has 0 unspecified atom stereocenters. The Morgan fingerprint density at radius 2 is 1.91 bits per heavy atom. The molecule has 0 fully saturated rings. The highest BCUT2D eigenvalue weighted by atomic mass is 32.1. The summed E-state index contributed by atoms with van der Waals surface area (Å²) in [4.78, 5) is 28.7. The summed E-state index contributed by atoms with van der Waals surface area (Å²) in [6.07, 6.45) is 1.83. The average molecular weight is 332 g/mol. The fourth-order valence-corrected chi connectivity index (χ4v) is 3.44. The monoisotopic (exact) mass is 332 g/mol. The maximum atomic E-state index is 12.5. The second kappa shape index (κ2) is 6.91. The fraction of sp³-hybridized carbons (Fsp3) is 0.353. The summed E-state index contributed by atoms with van der Waals surface area (Å²) < 4.78 is 0. The molecule has 1 aromatic carbocycles. The Morgan fingerprint density at radius 1 is 1.22 bits per heavy atom. The average Bonchev–Trinajstić information content (AvgIpc) is 2.82. The van der Waals surface area contributed by atoms with Crippen molar-refractivity contribution in [2.75, 3.05) is 5.32 Å². The minimum atomic E-state index is -1.00. The molecular weight excluding hydrogens is 312 g/mol. The number of aromatic carboxylic acids is 1. The molecule has 23 heavy (non-hydrogen) atoms. The van der Waals surface area contributed by atoms with E-state index in [-0.39, 0.29) is 11.5 Å². The number of aromatic nitrogens is 1. The van der Waals surface area contributed by atoms with E-state index in [1.54, 1.807) is 13.0 Å². The van der Waals surface area contributed by atoms with Crippen molar-refractivity contribution in [3.05, 3.63) is 44.4 Å². The van der Waals surface area contributed by atoms with Gasteiger partial charge in [-0.15, -0.1) is 11.3 Å². The standard InChI is InChI=1S/C17H20N2O3S/c1-5-6-14-18-11(4)15(23-14)16(20)19-13-8-12(17(21)22)9(2)7-10(13)3/h7-8H,5-6H2,1-4H3,(H,19,20)(H,21,22). The van der Waals surface area contributed by atoms with Crippen LogP contribution in [0.2, 0.25) is 0 Å². The third-order valence-electron chi connectivity index (χ3n) is 3.56. The zero-order valence-corrected chi connectivity index (χ0v) is 14.5. The summed E-state index contributed by atoms with van der Waals surface area (Å²) in [6, 6.07) is 3.27. The van der Waals surface area contributed by atoms with E-state index in [9.17, 15) is 14.7 Å². The van der Waals surface area contributed by atoms with E-state index in [0.29, 0.717) is 21.8 Å². The normalized spacial score (nSPS) is 10.6. The number of hydrogen-bond acceptors (Lipinski definition) is 4. The number of thiazole rings is 1. The molecule has 0 aliphatic rings. The lowest BCUT2D eigenvalue weighted by molar-refractivity contribution is 0.0695. The van der Waals surface area contributed by atoms with Crippen molar-refractivity contribution in [1.29, 1.82) is 0 Å². The second-order valence-corrected chi connectivity index (χ2v) is 6.60. The lowest BCUT2D eigenvalue weighted by Gasteiger charge is -2.11. The van der Waals surface area contributed by atoms with E-state index >= 15 is 0 Å². The Kier molecular flexibility index (Phi) is 5.15. The number of carboxylic acids is 1. The summed E-state index contributed by atoms with van der Waals surface area (Å²) in [5.74, 6) is -1.25. The number of rotatable bonds is 5. The molecule has 0 atom stereocenters. The first-order valence-corrected chi connectivity index (χ1v) is 8.27. The van der Waals surface area contributed by atoms with Crippen LogP contribution in [-0.4, -0.2) is 22.0 Å². The van der Waals surface area contributed by atoms with Crippen LogP contribution in [0.4, 0.5) is 5.69 Å². The van der Waals surface area contributed by atoms with Gasteiger partial charge in [-0.3, -0.25) is 4.79 Å². The number of aryl methyl sites for hydroxylation is 4. The molecule has 6 heteroatoms. The molecule has 0 radical (unpaired) electrons. The van der Waals surface area contributed by atoms with Crippen molar-refractivity contribution >= 4 is 28.9 Å². The zero-order valence-electron chi connectivity index (χ0n) is 13.7. The van der Waals surface area contributed by atoms with Crippen LogP contribution < -0.4 is 5.32 Å². The van der Waals surface area contributed by atoms with Crippen LogP contribution in [0.3, 0.4) is 0 Å².